The SMILES string of the molecule is COc1ccc(S(=O)(=O)N2CCCC2)cc1NS(=O)(=O)c1ccc(OC)c(Cl)c1Cl. The third-order valence-corrected chi connectivity index (χ3v) is 8.92. The Bertz CT molecular complexity index is 1160. The van der Waals surface area contributed by atoms with Crippen LogP contribution in [0.1, 0.15) is 12.8 Å². The first kappa shape index (κ1) is 23.0. The topological polar surface area (TPSA) is 102 Å². The highest BCUT2D eigenvalue weighted by Crippen LogP contribution is 2.38. The molecule has 1 heterocycles. The van der Waals surface area contributed by atoms with Crippen molar-refractivity contribution in [1.29, 1.82) is 0 Å². The van der Waals surface area contributed by atoms with Crippen molar-refractivity contribution in [2.45, 2.75) is 22.6 Å². The zero-order valence-electron chi connectivity index (χ0n) is 16.2. The smallest absolute Gasteiger partial charge is 0.263 e. The molecule has 0 unspecified atom stereocenters. The Morgan fingerprint density at radius 1 is 0.900 bits per heavy atom. The molecule has 1 fully saturated rings. The molecule has 1 saturated heterocycles. The number of sulfonamides is 2. The van der Waals surface area contributed by atoms with Gasteiger partial charge in [-0.3, -0.25) is 4.72 Å². The van der Waals surface area contributed by atoms with Gasteiger partial charge in [-0.1, -0.05) is 23.2 Å². The Morgan fingerprint density at radius 2 is 1.50 bits per heavy atom. The highest BCUT2D eigenvalue weighted by Gasteiger charge is 2.29. The maximum absolute atomic E-state index is 12.9. The Balaban J connectivity index is 2.02. The van der Waals surface area contributed by atoms with Crippen molar-refractivity contribution in [1.82, 2.24) is 4.31 Å². The molecule has 30 heavy (non-hydrogen) atoms. The van der Waals surface area contributed by atoms with Crippen molar-refractivity contribution in [2.24, 2.45) is 0 Å². The fourth-order valence-corrected chi connectivity index (χ4v) is 6.53. The van der Waals surface area contributed by atoms with Crippen LogP contribution in [0.15, 0.2) is 40.1 Å². The number of nitrogens with one attached hydrogen (secondary N) is 1. The molecule has 1 aliphatic rings. The molecule has 8 nitrogen and oxygen atoms in total. The summed E-state index contributed by atoms with van der Waals surface area (Å²) in [5, 5.41) is -0.275. The van der Waals surface area contributed by atoms with Gasteiger partial charge in [0, 0.05) is 13.1 Å². The summed E-state index contributed by atoms with van der Waals surface area (Å²) in [6, 6.07) is 6.61. The lowest BCUT2D eigenvalue weighted by molar-refractivity contribution is 0.414. The molecule has 0 bridgehead atoms. The predicted octanol–water partition coefficient (Wildman–Crippen LogP) is 3.60. The van der Waals surface area contributed by atoms with Gasteiger partial charge < -0.3 is 9.47 Å². The highest BCUT2D eigenvalue weighted by atomic mass is 35.5. The van der Waals surface area contributed by atoms with E-state index < -0.39 is 20.0 Å². The average Bonchev–Trinajstić information content (AvgIpc) is 3.25. The molecular formula is C18H20Cl2N2O6S2. The van der Waals surface area contributed by atoms with Crippen LogP contribution in [0.3, 0.4) is 0 Å². The number of hydrogen-bond donors (Lipinski definition) is 1. The Kier molecular flexibility index (Phi) is 6.73. The van der Waals surface area contributed by atoms with E-state index >= 15 is 0 Å². The zero-order valence-corrected chi connectivity index (χ0v) is 19.3. The number of benzene rings is 2. The molecule has 1 N–H and O–H groups in total. The summed E-state index contributed by atoms with van der Waals surface area (Å²) < 4.78 is 65.5. The molecule has 0 radical (unpaired) electrons. The third kappa shape index (κ3) is 4.33. The van der Waals surface area contributed by atoms with Crippen molar-refractivity contribution in [3.8, 4) is 11.5 Å². The number of methoxy groups -OCH3 is 2. The van der Waals surface area contributed by atoms with Crippen molar-refractivity contribution in [3.63, 3.8) is 0 Å². The van der Waals surface area contributed by atoms with Crippen molar-refractivity contribution < 1.29 is 26.3 Å². The summed E-state index contributed by atoms with van der Waals surface area (Å²) in [7, 11) is -5.24. The Hall–Kier alpha value is -1.72. The normalized spacial score (nSPS) is 15.2. The van der Waals surface area contributed by atoms with Crippen LogP contribution in [0.2, 0.25) is 10.0 Å². The van der Waals surface area contributed by atoms with Gasteiger partial charge in [-0.2, -0.15) is 4.31 Å². The molecule has 1 aliphatic heterocycles. The lowest BCUT2D eigenvalue weighted by atomic mass is 10.3. The Morgan fingerprint density at radius 3 is 2.10 bits per heavy atom. The van der Waals surface area contributed by atoms with Crippen LogP contribution in [-0.2, 0) is 20.0 Å². The minimum Gasteiger partial charge on any atom is -0.495 e. The first-order valence-corrected chi connectivity index (χ1v) is 12.5. The molecule has 3 rings (SSSR count). The lowest BCUT2D eigenvalue weighted by Crippen LogP contribution is -2.28. The van der Waals surface area contributed by atoms with Crippen LogP contribution < -0.4 is 14.2 Å². The van der Waals surface area contributed by atoms with Gasteiger partial charge in [0.25, 0.3) is 10.0 Å². The summed E-state index contributed by atoms with van der Waals surface area (Å²) >= 11 is 12.2. The van der Waals surface area contributed by atoms with E-state index in [2.05, 4.69) is 4.72 Å². The number of ether oxygens (including phenoxy) is 2. The van der Waals surface area contributed by atoms with E-state index in [1.807, 2.05) is 0 Å². The first-order valence-electron chi connectivity index (χ1n) is 8.85. The second kappa shape index (κ2) is 8.80. The van der Waals surface area contributed by atoms with Crippen LogP contribution in [-0.4, -0.2) is 48.4 Å². The van der Waals surface area contributed by atoms with E-state index in [-0.39, 0.29) is 37.0 Å². The highest BCUT2D eigenvalue weighted by molar-refractivity contribution is 7.93. The molecule has 2 aromatic rings. The second-order valence-corrected chi connectivity index (χ2v) is 10.8. The number of halogens is 2. The molecule has 0 aliphatic carbocycles. The standard InChI is InChI=1S/C18H20Cl2N2O6S2/c1-27-14-6-5-12(30(25,26)22-9-3-4-10-22)11-13(14)21-29(23,24)16-8-7-15(28-2)17(19)18(16)20/h5-8,11,21H,3-4,9-10H2,1-2H3. The number of anilines is 1. The maximum Gasteiger partial charge on any atom is 0.263 e. The molecule has 164 valence electrons. The average molecular weight is 495 g/mol. The quantitative estimate of drug-likeness (QED) is 0.630. The molecule has 12 heteroatoms. The van der Waals surface area contributed by atoms with E-state index in [0.29, 0.717) is 13.1 Å². The summed E-state index contributed by atoms with van der Waals surface area (Å²) in [4.78, 5) is -0.327. The third-order valence-electron chi connectivity index (χ3n) is 4.64. The van der Waals surface area contributed by atoms with Gasteiger partial charge in [0.05, 0.1) is 29.8 Å². The van der Waals surface area contributed by atoms with Gasteiger partial charge in [0.1, 0.15) is 21.4 Å². The fraction of sp³-hybridized carbons (Fsp3) is 0.333. The van der Waals surface area contributed by atoms with Crippen molar-refractivity contribution >= 4 is 48.9 Å². The van der Waals surface area contributed by atoms with Gasteiger partial charge in [-0.15, -0.1) is 0 Å². The molecule has 0 spiro atoms. The van der Waals surface area contributed by atoms with Gasteiger partial charge in [-0.25, -0.2) is 16.8 Å². The van der Waals surface area contributed by atoms with Crippen LogP contribution in [0.4, 0.5) is 5.69 Å². The molecule has 0 atom stereocenters. The van der Waals surface area contributed by atoms with Crippen LogP contribution in [0.25, 0.3) is 0 Å². The number of rotatable bonds is 7. The van der Waals surface area contributed by atoms with E-state index in [4.69, 9.17) is 32.7 Å². The molecule has 2 aromatic carbocycles. The summed E-state index contributed by atoms with van der Waals surface area (Å²) in [6.07, 6.45) is 1.57. The van der Waals surface area contributed by atoms with Gasteiger partial charge in [0.2, 0.25) is 10.0 Å². The predicted molar refractivity (Wildman–Crippen MR) is 115 cm³/mol. The monoisotopic (exact) mass is 494 g/mol. The minimum atomic E-state index is -4.22. The van der Waals surface area contributed by atoms with E-state index in [9.17, 15) is 16.8 Å². The molecule has 0 amide bonds. The molecule has 0 aromatic heterocycles. The number of nitrogens with zero attached hydrogens (tertiary/aromatic N) is 1. The lowest BCUT2D eigenvalue weighted by Gasteiger charge is -2.18. The van der Waals surface area contributed by atoms with Crippen molar-refractivity contribution in [2.75, 3.05) is 32.0 Å². The van der Waals surface area contributed by atoms with Gasteiger partial charge in [-0.05, 0) is 43.2 Å². The maximum atomic E-state index is 12.9. The van der Waals surface area contributed by atoms with Gasteiger partial charge in [0.15, 0.2) is 0 Å². The largest absolute Gasteiger partial charge is 0.495 e. The molecular weight excluding hydrogens is 475 g/mol. The second-order valence-electron chi connectivity index (χ2n) is 6.47. The fourth-order valence-electron chi connectivity index (χ4n) is 3.08. The summed E-state index contributed by atoms with van der Waals surface area (Å²) in [5.41, 5.74) is -0.0409. The minimum absolute atomic E-state index is 0.0400. The zero-order chi connectivity index (χ0) is 22.1. The molecule has 0 saturated carbocycles. The van der Waals surface area contributed by atoms with E-state index in [1.54, 1.807) is 0 Å². The van der Waals surface area contributed by atoms with E-state index in [0.717, 1.165) is 12.8 Å². The summed E-state index contributed by atoms with van der Waals surface area (Å²) in [5.74, 6) is 0.367. The van der Waals surface area contributed by atoms with Crippen molar-refractivity contribution in [3.05, 3.63) is 40.4 Å². The van der Waals surface area contributed by atoms with Gasteiger partial charge >= 0.3 is 0 Å². The van der Waals surface area contributed by atoms with Crippen LogP contribution in [0.5, 0.6) is 11.5 Å². The number of hydrogen-bond acceptors (Lipinski definition) is 6. The Labute approximate surface area is 185 Å². The van der Waals surface area contributed by atoms with E-state index in [1.165, 1.54) is 48.9 Å². The summed E-state index contributed by atoms with van der Waals surface area (Å²) in [6.45, 7) is 0.852. The van der Waals surface area contributed by atoms with Crippen LogP contribution in [0, 0.1) is 0 Å². The first-order chi connectivity index (χ1) is 14.1. The van der Waals surface area contributed by atoms with Crippen LogP contribution >= 0.6 is 23.2 Å².